The first-order valence-corrected chi connectivity index (χ1v) is 11.4. The molecule has 0 atom stereocenters. The number of rotatable bonds is 8. The number of hydrogen-bond donors (Lipinski definition) is 2. The minimum atomic E-state index is -0.371. The summed E-state index contributed by atoms with van der Waals surface area (Å²) >= 11 is 0. The molecule has 35 heavy (non-hydrogen) atoms. The van der Waals surface area contributed by atoms with Crippen molar-refractivity contribution < 1.29 is 19.1 Å². The van der Waals surface area contributed by atoms with Crippen molar-refractivity contribution in [2.45, 2.75) is 13.3 Å². The van der Waals surface area contributed by atoms with Crippen molar-refractivity contribution >= 4 is 23.4 Å². The first-order valence-electron chi connectivity index (χ1n) is 11.4. The van der Waals surface area contributed by atoms with E-state index >= 15 is 0 Å². The van der Waals surface area contributed by atoms with Crippen molar-refractivity contribution in [3.8, 4) is 12.3 Å². The largest absolute Gasteiger partial charge is 0.378 e. The van der Waals surface area contributed by atoms with E-state index in [4.69, 9.17) is 11.2 Å². The van der Waals surface area contributed by atoms with Crippen LogP contribution in [0.25, 0.3) is 0 Å². The maximum Gasteiger partial charge on any atom is 0.256 e. The molecule has 2 aromatic rings. The molecule has 0 aromatic heterocycles. The zero-order valence-electron chi connectivity index (χ0n) is 19.8. The minimum absolute atomic E-state index is 0.134. The number of carbonyl (C=O) groups excluding carboxylic acids is 3. The molecule has 7 heteroatoms. The molecule has 0 radical (unpaired) electrons. The number of benzene rings is 2. The molecule has 0 aliphatic carbocycles. The molecule has 2 N–H and O–H groups in total. The zero-order valence-corrected chi connectivity index (χ0v) is 19.8. The lowest BCUT2D eigenvalue weighted by Crippen LogP contribution is -2.41. The van der Waals surface area contributed by atoms with Crippen molar-refractivity contribution in [1.82, 2.24) is 10.2 Å². The molecule has 1 saturated heterocycles. The summed E-state index contributed by atoms with van der Waals surface area (Å²) in [4.78, 5) is 39.8. The third kappa shape index (κ3) is 7.42. The van der Waals surface area contributed by atoms with Gasteiger partial charge in [-0.1, -0.05) is 42.3 Å². The lowest BCUT2D eigenvalue weighted by Gasteiger charge is -2.27. The van der Waals surface area contributed by atoms with Gasteiger partial charge in [-0.15, -0.1) is 6.42 Å². The van der Waals surface area contributed by atoms with Crippen LogP contribution in [-0.4, -0.2) is 55.5 Å². The van der Waals surface area contributed by atoms with E-state index in [0.29, 0.717) is 49.7 Å². The number of anilines is 1. The quantitative estimate of drug-likeness (QED) is 0.457. The SMILES string of the molecule is C#C/C=C(\C=C/C)CNC(=O)Cc1ccc(NC(=O)c2ccccc2C(=O)N2CCOCC2)cc1. The average Bonchev–Trinajstić information content (AvgIpc) is 2.89. The molecule has 3 rings (SSSR count). The summed E-state index contributed by atoms with van der Waals surface area (Å²) in [5.41, 5.74) is 2.88. The fourth-order valence-electron chi connectivity index (χ4n) is 3.64. The van der Waals surface area contributed by atoms with E-state index < -0.39 is 0 Å². The molecular formula is C28H29N3O4. The second-order valence-corrected chi connectivity index (χ2v) is 7.94. The van der Waals surface area contributed by atoms with Gasteiger partial charge in [-0.2, -0.15) is 0 Å². The number of ether oxygens (including phenoxy) is 1. The van der Waals surface area contributed by atoms with Crippen LogP contribution in [-0.2, 0) is 16.0 Å². The number of hydrogen-bond acceptors (Lipinski definition) is 4. The Bertz CT molecular complexity index is 1150. The molecule has 1 heterocycles. The van der Waals surface area contributed by atoms with Crippen molar-refractivity contribution in [2.75, 3.05) is 38.2 Å². The second kappa shape index (κ2) is 12.9. The van der Waals surface area contributed by atoms with Crippen LogP contribution in [0.3, 0.4) is 0 Å². The highest BCUT2D eigenvalue weighted by Gasteiger charge is 2.23. The monoisotopic (exact) mass is 471 g/mol. The lowest BCUT2D eigenvalue weighted by atomic mass is 10.0. The third-order valence-corrected chi connectivity index (χ3v) is 5.42. The summed E-state index contributed by atoms with van der Waals surface area (Å²) in [6.07, 6.45) is 10.8. The van der Waals surface area contributed by atoms with E-state index in [1.54, 1.807) is 59.5 Å². The molecule has 3 amide bonds. The summed E-state index contributed by atoms with van der Waals surface area (Å²) in [6.45, 7) is 4.21. The Morgan fingerprint density at radius 2 is 1.74 bits per heavy atom. The summed E-state index contributed by atoms with van der Waals surface area (Å²) in [7, 11) is 0. The molecular weight excluding hydrogens is 442 g/mol. The van der Waals surface area contributed by atoms with Crippen LogP contribution in [0, 0.1) is 12.3 Å². The summed E-state index contributed by atoms with van der Waals surface area (Å²) < 4.78 is 5.31. The fourth-order valence-corrected chi connectivity index (χ4v) is 3.64. The Hall–Kier alpha value is -4.15. The standard InChI is InChI=1S/C28H29N3O4/c1-3-7-22(8-4-2)20-29-26(32)19-21-11-13-23(14-12-21)30-27(33)24-9-5-6-10-25(24)28(34)31-15-17-35-18-16-31/h1,4-14H,15-20H2,2H3,(H,29,32)(H,30,33)/b8-4-,22-7+. The highest BCUT2D eigenvalue weighted by atomic mass is 16.5. The Morgan fingerprint density at radius 3 is 2.40 bits per heavy atom. The lowest BCUT2D eigenvalue weighted by molar-refractivity contribution is -0.120. The van der Waals surface area contributed by atoms with Gasteiger partial charge in [0.15, 0.2) is 0 Å². The Morgan fingerprint density at radius 1 is 1.06 bits per heavy atom. The van der Waals surface area contributed by atoms with Crippen molar-refractivity contribution in [3.05, 3.63) is 89.0 Å². The van der Waals surface area contributed by atoms with E-state index in [-0.39, 0.29) is 24.1 Å². The maximum atomic E-state index is 12.9. The number of allylic oxidation sites excluding steroid dienone is 2. The van der Waals surface area contributed by atoms with Gasteiger partial charge in [0.25, 0.3) is 11.8 Å². The van der Waals surface area contributed by atoms with E-state index in [1.165, 1.54) is 0 Å². The van der Waals surface area contributed by atoms with Crippen molar-refractivity contribution in [2.24, 2.45) is 0 Å². The second-order valence-electron chi connectivity index (χ2n) is 7.94. The predicted molar refractivity (Wildman–Crippen MR) is 136 cm³/mol. The normalized spacial score (nSPS) is 13.8. The van der Waals surface area contributed by atoms with Crippen molar-refractivity contribution in [1.29, 1.82) is 0 Å². The van der Waals surface area contributed by atoms with E-state index in [9.17, 15) is 14.4 Å². The topological polar surface area (TPSA) is 87.7 Å². The summed E-state index contributed by atoms with van der Waals surface area (Å²) in [5.74, 6) is 1.77. The van der Waals surface area contributed by atoms with Crippen molar-refractivity contribution in [3.63, 3.8) is 0 Å². The van der Waals surface area contributed by atoms with Gasteiger partial charge in [0.2, 0.25) is 5.91 Å². The van der Waals surface area contributed by atoms with E-state index in [0.717, 1.165) is 11.1 Å². The minimum Gasteiger partial charge on any atom is -0.378 e. The zero-order chi connectivity index (χ0) is 25.0. The summed E-state index contributed by atoms with van der Waals surface area (Å²) in [6, 6.07) is 13.8. The average molecular weight is 472 g/mol. The number of terminal acetylenes is 1. The van der Waals surface area contributed by atoms with Gasteiger partial charge in [-0.25, -0.2) is 0 Å². The maximum absolute atomic E-state index is 12.9. The molecule has 0 spiro atoms. The number of nitrogens with one attached hydrogen (secondary N) is 2. The summed E-state index contributed by atoms with van der Waals surface area (Å²) in [5, 5.41) is 5.68. The molecule has 2 aromatic carbocycles. The van der Waals surface area contributed by atoms with Gasteiger partial charge >= 0.3 is 0 Å². The Kier molecular flexibility index (Phi) is 9.40. The Labute approximate surface area is 205 Å². The molecule has 0 bridgehead atoms. The predicted octanol–water partition coefficient (Wildman–Crippen LogP) is 3.21. The molecule has 1 fully saturated rings. The van der Waals surface area contributed by atoms with Gasteiger partial charge < -0.3 is 20.3 Å². The van der Waals surface area contributed by atoms with Crippen LogP contribution in [0.1, 0.15) is 33.2 Å². The first-order chi connectivity index (χ1) is 17.0. The van der Waals surface area contributed by atoms with E-state index in [1.807, 2.05) is 19.1 Å². The third-order valence-electron chi connectivity index (χ3n) is 5.42. The highest BCUT2D eigenvalue weighted by molar-refractivity contribution is 6.12. The number of morpholine rings is 1. The molecule has 180 valence electrons. The molecule has 1 aliphatic heterocycles. The molecule has 7 nitrogen and oxygen atoms in total. The van der Waals surface area contributed by atoms with Crippen LogP contribution in [0.5, 0.6) is 0 Å². The molecule has 1 aliphatic rings. The first kappa shape index (κ1) is 25.5. The van der Waals surface area contributed by atoms with Crippen LogP contribution in [0.2, 0.25) is 0 Å². The van der Waals surface area contributed by atoms with Gasteiger partial charge in [-0.3, -0.25) is 14.4 Å². The van der Waals surface area contributed by atoms with Gasteiger partial charge in [-0.05, 0) is 48.4 Å². The smallest absolute Gasteiger partial charge is 0.256 e. The van der Waals surface area contributed by atoms with Crippen LogP contribution in [0.15, 0.2) is 72.3 Å². The van der Waals surface area contributed by atoms with Gasteiger partial charge in [0, 0.05) is 25.3 Å². The molecule has 0 unspecified atom stereocenters. The highest BCUT2D eigenvalue weighted by Crippen LogP contribution is 2.17. The van der Waals surface area contributed by atoms with Crippen LogP contribution in [0.4, 0.5) is 5.69 Å². The molecule has 0 saturated carbocycles. The number of amides is 3. The van der Waals surface area contributed by atoms with Gasteiger partial charge in [0.1, 0.15) is 0 Å². The number of nitrogens with zero attached hydrogens (tertiary/aromatic N) is 1. The van der Waals surface area contributed by atoms with E-state index in [2.05, 4.69) is 16.6 Å². The Balaban J connectivity index is 1.60. The van der Waals surface area contributed by atoms with Gasteiger partial charge in [0.05, 0.1) is 30.8 Å². The van der Waals surface area contributed by atoms with Crippen LogP contribution >= 0.6 is 0 Å². The van der Waals surface area contributed by atoms with Crippen LogP contribution < -0.4 is 10.6 Å². The fraction of sp³-hybridized carbons (Fsp3) is 0.250. The number of carbonyl (C=O) groups is 3.